The number of fused-ring (bicyclic) bond motifs is 1. The first-order valence-electron chi connectivity index (χ1n) is 9.83. The van der Waals surface area contributed by atoms with Crippen LogP contribution in [0.15, 0.2) is 63.0 Å². The summed E-state index contributed by atoms with van der Waals surface area (Å²) in [4.78, 5) is 63.0. The van der Waals surface area contributed by atoms with Gasteiger partial charge in [-0.25, -0.2) is 4.68 Å². The molecule has 3 aromatic rings. The predicted octanol–water partition coefficient (Wildman–Crippen LogP) is 2.20. The molecule has 1 aromatic heterocycles. The van der Waals surface area contributed by atoms with E-state index in [9.17, 15) is 24.0 Å². The van der Waals surface area contributed by atoms with Gasteiger partial charge in [0.2, 0.25) is 5.91 Å². The molecule has 0 aliphatic carbocycles. The van der Waals surface area contributed by atoms with Crippen molar-refractivity contribution in [2.75, 3.05) is 13.1 Å². The first kappa shape index (κ1) is 22.6. The molecule has 168 valence electrons. The lowest BCUT2D eigenvalue weighted by Crippen LogP contribution is -2.40. The van der Waals surface area contributed by atoms with Crippen molar-refractivity contribution in [1.29, 1.82) is 0 Å². The van der Waals surface area contributed by atoms with Gasteiger partial charge in [-0.15, -0.1) is 0 Å². The van der Waals surface area contributed by atoms with Crippen molar-refractivity contribution in [3.8, 4) is 0 Å². The third kappa shape index (κ3) is 4.91. The van der Waals surface area contributed by atoms with Gasteiger partial charge in [-0.3, -0.25) is 34.0 Å². The summed E-state index contributed by atoms with van der Waals surface area (Å²) in [6.45, 7) is -0.438. The van der Waals surface area contributed by atoms with Gasteiger partial charge in [0.25, 0.3) is 22.3 Å². The van der Waals surface area contributed by atoms with Gasteiger partial charge in [-0.2, -0.15) is 0 Å². The van der Waals surface area contributed by atoms with Gasteiger partial charge in [0.15, 0.2) is 0 Å². The fourth-order valence-electron chi connectivity index (χ4n) is 3.27. The number of benzene rings is 2. The van der Waals surface area contributed by atoms with Crippen LogP contribution in [-0.2, 0) is 16.1 Å². The van der Waals surface area contributed by atoms with Crippen LogP contribution in [0.5, 0.6) is 0 Å². The Labute approximate surface area is 196 Å². The number of nitrogens with one attached hydrogen (secondary N) is 2. The summed E-state index contributed by atoms with van der Waals surface area (Å²) in [6.07, 6.45) is 1.60. The van der Waals surface area contributed by atoms with Crippen molar-refractivity contribution in [1.82, 2.24) is 20.0 Å². The summed E-state index contributed by atoms with van der Waals surface area (Å²) < 4.78 is 0.926. The summed E-state index contributed by atoms with van der Waals surface area (Å²) in [6, 6.07) is 13.1. The highest BCUT2D eigenvalue weighted by Gasteiger charge is 2.34. The maximum atomic E-state index is 12.6. The molecule has 2 aromatic carbocycles. The number of H-pyrrole nitrogens is 1. The number of nitrogens with zero attached hydrogens (tertiary/aromatic N) is 2. The molecule has 11 heteroatoms. The number of carbonyl (C=O) groups is 3. The van der Waals surface area contributed by atoms with Crippen LogP contribution in [0.4, 0.5) is 4.79 Å². The number of thioether (sulfide) groups is 1. The molecule has 0 atom stereocenters. The minimum absolute atomic E-state index is 0.00232. The van der Waals surface area contributed by atoms with E-state index in [4.69, 9.17) is 11.6 Å². The third-order valence-corrected chi connectivity index (χ3v) is 6.04. The molecule has 1 aliphatic heterocycles. The summed E-state index contributed by atoms with van der Waals surface area (Å²) in [5.41, 5.74) is -0.255. The van der Waals surface area contributed by atoms with Gasteiger partial charge in [0.1, 0.15) is 6.54 Å². The lowest BCUT2D eigenvalue weighted by Gasteiger charge is -2.13. The van der Waals surface area contributed by atoms with Crippen LogP contribution in [0.3, 0.4) is 0 Å². The number of carbonyl (C=O) groups excluding carboxylic acids is 3. The molecule has 0 bridgehead atoms. The Kier molecular flexibility index (Phi) is 6.47. The number of imide groups is 1. The van der Waals surface area contributed by atoms with E-state index in [1.54, 1.807) is 42.5 Å². The highest BCUT2D eigenvalue weighted by Crippen LogP contribution is 2.32. The second-order valence-corrected chi connectivity index (χ2v) is 8.54. The van der Waals surface area contributed by atoms with Crippen LogP contribution >= 0.6 is 23.4 Å². The second-order valence-electron chi connectivity index (χ2n) is 7.11. The first-order valence-corrected chi connectivity index (χ1v) is 11.0. The lowest BCUT2D eigenvalue weighted by atomic mass is 10.2. The van der Waals surface area contributed by atoms with Crippen LogP contribution in [0.1, 0.15) is 5.56 Å². The van der Waals surface area contributed by atoms with Gasteiger partial charge in [-0.05, 0) is 47.7 Å². The van der Waals surface area contributed by atoms with Crippen molar-refractivity contribution < 1.29 is 14.4 Å². The van der Waals surface area contributed by atoms with Crippen molar-refractivity contribution in [3.63, 3.8) is 0 Å². The molecule has 0 radical (unpaired) electrons. The molecule has 2 N–H and O–H groups in total. The largest absolute Gasteiger partial charge is 0.353 e. The van der Waals surface area contributed by atoms with E-state index in [1.165, 1.54) is 12.1 Å². The van der Waals surface area contributed by atoms with E-state index in [1.807, 2.05) is 0 Å². The average molecular weight is 485 g/mol. The zero-order valence-corrected chi connectivity index (χ0v) is 18.6. The van der Waals surface area contributed by atoms with Crippen LogP contribution in [0, 0.1) is 0 Å². The van der Waals surface area contributed by atoms with Crippen molar-refractivity contribution in [3.05, 3.63) is 84.7 Å². The van der Waals surface area contributed by atoms with Crippen LogP contribution < -0.4 is 16.4 Å². The number of amides is 3. The second kappa shape index (κ2) is 9.47. The Morgan fingerprint density at radius 1 is 1.03 bits per heavy atom. The Morgan fingerprint density at radius 3 is 2.45 bits per heavy atom. The normalized spacial score (nSPS) is 14.9. The summed E-state index contributed by atoms with van der Waals surface area (Å²) >= 11 is 6.67. The molecule has 0 spiro atoms. The van der Waals surface area contributed by atoms with Crippen LogP contribution in [-0.4, -0.2) is 44.8 Å². The minimum atomic E-state index is -0.549. The monoisotopic (exact) mass is 484 g/mol. The Hall–Kier alpha value is -3.63. The average Bonchev–Trinajstić information content (AvgIpc) is 3.06. The summed E-state index contributed by atoms with van der Waals surface area (Å²) in [7, 11) is 0. The molecule has 2 heterocycles. The van der Waals surface area contributed by atoms with E-state index in [0.29, 0.717) is 5.02 Å². The highest BCUT2D eigenvalue weighted by molar-refractivity contribution is 8.18. The van der Waals surface area contributed by atoms with Crippen molar-refractivity contribution >= 4 is 57.3 Å². The van der Waals surface area contributed by atoms with Gasteiger partial charge < -0.3 is 5.32 Å². The number of hydrogen-bond donors (Lipinski definition) is 2. The zero-order chi connectivity index (χ0) is 23.5. The molecule has 0 saturated carbocycles. The Morgan fingerprint density at radius 2 is 1.73 bits per heavy atom. The number of rotatable bonds is 6. The van der Waals surface area contributed by atoms with E-state index >= 15 is 0 Å². The number of aromatic amines is 1. The van der Waals surface area contributed by atoms with E-state index in [0.717, 1.165) is 26.9 Å². The van der Waals surface area contributed by atoms with Crippen molar-refractivity contribution in [2.45, 2.75) is 6.54 Å². The quantitative estimate of drug-likeness (QED) is 0.517. The standard InChI is InChI=1S/C22H17ClN4O5S/c23-14-7-5-13(6-8-14)11-17-21(31)26(22(32)33-17)10-9-24-18(28)12-27-20(30)16-4-2-1-3-15(16)19(29)25-27/h1-8,11H,9-10,12H2,(H,24,28)(H,25,29)/b17-11-. The van der Waals surface area contributed by atoms with Crippen molar-refractivity contribution in [2.24, 2.45) is 0 Å². The van der Waals surface area contributed by atoms with Gasteiger partial charge in [0, 0.05) is 18.1 Å². The van der Waals surface area contributed by atoms with E-state index in [-0.39, 0.29) is 28.8 Å². The fourth-order valence-corrected chi connectivity index (χ4v) is 4.26. The number of halogens is 1. The predicted molar refractivity (Wildman–Crippen MR) is 126 cm³/mol. The lowest BCUT2D eigenvalue weighted by molar-refractivity contribution is -0.124. The maximum absolute atomic E-state index is 12.6. The summed E-state index contributed by atoms with van der Waals surface area (Å²) in [5, 5.41) is 5.50. The molecule has 1 fully saturated rings. The number of aromatic nitrogens is 2. The van der Waals surface area contributed by atoms with Crippen LogP contribution in [0.2, 0.25) is 5.02 Å². The van der Waals surface area contributed by atoms with Crippen LogP contribution in [0.25, 0.3) is 16.8 Å². The maximum Gasteiger partial charge on any atom is 0.293 e. The zero-order valence-electron chi connectivity index (χ0n) is 17.0. The molecule has 1 aliphatic rings. The number of hydrogen-bond acceptors (Lipinski definition) is 6. The third-order valence-electron chi connectivity index (χ3n) is 4.88. The molecular formula is C22H17ClN4O5S. The Bertz CT molecular complexity index is 1410. The molecule has 3 amide bonds. The smallest absolute Gasteiger partial charge is 0.293 e. The summed E-state index contributed by atoms with van der Waals surface area (Å²) in [5.74, 6) is -1.00. The van der Waals surface area contributed by atoms with Gasteiger partial charge in [0.05, 0.1) is 15.7 Å². The minimum Gasteiger partial charge on any atom is -0.353 e. The SMILES string of the molecule is O=C(Cn1[nH]c(=O)c2ccccc2c1=O)NCCN1C(=O)S/C(=C\c2ccc(Cl)cc2)C1=O. The first-order chi connectivity index (χ1) is 15.8. The highest BCUT2D eigenvalue weighted by atomic mass is 35.5. The topological polar surface area (TPSA) is 121 Å². The molecular weight excluding hydrogens is 468 g/mol. The molecule has 33 heavy (non-hydrogen) atoms. The Balaban J connectivity index is 1.36. The van der Waals surface area contributed by atoms with Gasteiger partial charge >= 0.3 is 0 Å². The molecule has 4 rings (SSSR count). The van der Waals surface area contributed by atoms with E-state index < -0.39 is 34.7 Å². The molecule has 0 unspecified atom stereocenters. The van der Waals surface area contributed by atoms with Gasteiger partial charge in [-0.1, -0.05) is 35.9 Å². The van der Waals surface area contributed by atoms with E-state index in [2.05, 4.69) is 10.4 Å². The molecule has 1 saturated heterocycles. The fraction of sp³-hybridized carbons (Fsp3) is 0.136. The molecule has 9 nitrogen and oxygen atoms in total.